The van der Waals surface area contributed by atoms with Crippen LogP contribution in [0.3, 0.4) is 0 Å². The highest BCUT2D eigenvalue weighted by atomic mass is 16.2. The molecule has 0 unspecified atom stereocenters. The Balaban J connectivity index is 2.07. The van der Waals surface area contributed by atoms with Gasteiger partial charge in [-0.05, 0) is 5.92 Å². The predicted molar refractivity (Wildman–Crippen MR) is 91.5 cm³/mol. The number of nitrogens with two attached hydrogens (primary N) is 1. The highest BCUT2D eigenvalue weighted by Gasteiger charge is 2.28. The van der Waals surface area contributed by atoms with Gasteiger partial charge in [0.25, 0.3) is 5.91 Å². The molecule has 0 bridgehead atoms. The average Bonchev–Trinajstić information content (AvgIpc) is 3.03. The van der Waals surface area contributed by atoms with Gasteiger partial charge in [0.2, 0.25) is 11.8 Å². The molecule has 0 radical (unpaired) electrons. The third-order valence-electron chi connectivity index (χ3n) is 4.56. The van der Waals surface area contributed by atoms with Crippen LogP contribution in [0.25, 0.3) is 0 Å². The van der Waals surface area contributed by atoms with Crippen molar-refractivity contribution in [2.45, 2.75) is 39.4 Å². The summed E-state index contributed by atoms with van der Waals surface area (Å²) in [4.78, 5) is 38.0. The molecule has 25 heavy (non-hydrogen) atoms. The monoisotopic (exact) mass is 350 g/mol. The second kappa shape index (κ2) is 8.11. The third kappa shape index (κ3) is 4.16. The second-order valence-corrected chi connectivity index (χ2v) is 6.32. The number of nitrogens with one attached hydrogen (secondary N) is 2. The van der Waals surface area contributed by atoms with E-state index in [0.717, 1.165) is 6.42 Å². The first-order valence-electron chi connectivity index (χ1n) is 8.46. The number of rotatable bonds is 7. The molecule has 4 N–H and O–H groups in total. The first kappa shape index (κ1) is 18.9. The fourth-order valence-electron chi connectivity index (χ4n) is 2.72. The van der Waals surface area contributed by atoms with Crippen LogP contribution in [0.4, 0.5) is 0 Å². The van der Waals surface area contributed by atoms with E-state index >= 15 is 0 Å². The fraction of sp³-hybridized carbons (Fsp3) is 0.625. The zero-order chi connectivity index (χ0) is 18.6. The largest absolute Gasteiger partial charge is 0.350 e. The van der Waals surface area contributed by atoms with Crippen molar-refractivity contribution >= 4 is 17.7 Å². The molecule has 138 valence electrons. The van der Waals surface area contributed by atoms with Crippen molar-refractivity contribution in [2.24, 2.45) is 11.7 Å². The molecule has 3 amide bonds. The summed E-state index contributed by atoms with van der Waals surface area (Å²) in [5, 5.41) is 9.66. The van der Waals surface area contributed by atoms with Crippen LogP contribution in [-0.4, -0.2) is 58.6 Å². The van der Waals surface area contributed by atoms with Crippen molar-refractivity contribution in [2.75, 3.05) is 20.1 Å². The summed E-state index contributed by atoms with van der Waals surface area (Å²) >= 11 is 0. The summed E-state index contributed by atoms with van der Waals surface area (Å²) in [5.41, 5.74) is 6.49. The van der Waals surface area contributed by atoms with Gasteiger partial charge in [0.15, 0.2) is 0 Å². The number of fused-ring (bicyclic) bond motifs is 1. The Kier molecular flexibility index (Phi) is 6.13. The van der Waals surface area contributed by atoms with Crippen molar-refractivity contribution in [1.29, 1.82) is 0 Å². The standard InChI is InChI=1S/C16H26N6O3/c1-4-10(2)13(20-12(23)7-17)15(24)18-8-11-9-19-22-6-5-21(3)16(25)14(11)22/h9-10,13H,4-8,17H2,1-3H3,(H,18,24)(H,20,23)/t10-,13-/m0/s1. The van der Waals surface area contributed by atoms with E-state index in [-0.39, 0.29) is 36.7 Å². The summed E-state index contributed by atoms with van der Waals surface area (Å²) in [6, 6.07) is -0.661. The highest BCUT2D eigenvalue weighted by Crippen LogP contribution is 2.16. The van der Waals surface area contributed by atoms with Gasteiger partial charge in [-0.25, -0.2) is 0 Å². The van der Waals surface area contributed by atoms with E-state index < -0.39 is 6.04 Å². The van der Waals surface area contributed by atoms with Crippen LogP contribution in [0.5, 0.6) is 0 Å². The molecule has 0 spiro atoms. The molecular formula is C16H26N6O3. The van der Waals surface area contributed by atoms with Gasteiger partial charge < -0.3 is 21.3 Å². The number of carbonyl (C=O) groups is 3. The van der Waals surface area contributed by atoms with E-state index in [1.807, 2.05) is 13.8 Å². The number of aromatic nitrogens is 2. The van der Waals surface area contributed by atoms with Gasteiger partial charge in [-0.15, -0.1) is 0 Å². The average molecular weight is 350 g/mol. The van der Waals surface area contributed by atoms with Crippen LogP contribution >= 0.6 is 0 Å². The maximum atomic E-state index is 12.5. The molecule has 0 saturated heterocycles. The van der Waals surface area contributed by atoms with Gasteiger partial charge in [-0.2, -0.15) is 5.10 Å². The Bertz CT molecular complexity index is 656. The molecule has 2 heterocycles. The Morgan fingerprint density at radius 2 is 2.12 bits per heavy atom. The topological polar surface area (TPSA) is 122 Å². The molecule has 9 heteroatoms. The quantitative estimate of drug-likeness (QED) is 0.587. The SMILES string of the molecule is CC[C@H](C)[C@H](NC(=O)CN)C(=O)NCc1cnn2c1C(=O)N(C)CC2. The van der Waals surface area contributed by atoms with E-state index in [2.05, 4.69) is 15.7 Å². The van der Waals surface area contributed by atoms with Crippen molar-refractivity contribution in [1.82, 2.24) is 25.3 Å². The number of carbonyl (C=O) groups excluding carboxylic acids is 3. The molecule has 1 aromatic rings. The normalized spacial score (nSPS) is 16.2. The lowest BCUT2D eigenvalue weighted by molar-refractivity contribution is -0.129. The van der Waals surface area contributed by atoms with Crippen molar-refractivity contribution in [3.8, 4) is 0 Å². The van der Waals surface area contributed by atoms with E-state index in [1.165, 1.54) is 0 Å². The van der Waals surface area contributed by atoms with Gasteiger partial charge in [-0.3, -0.25) is 19.1 Å². The molecule has 1 aliphatic rings. The van der Waals surface area contributed by atoms with Crippen molar-refractivity contribution in [3.05, 3.63) is 17.5 Å². The molecule has 1 aromatic heterocycles. The molecule has 0 aromatic carbocycles. The van der Waals surface area contributed by atoms with Crippen molar-refractivity contribution < 1.29 is 14.4 Å². The third-order valence-corrected chi connectivity index (χ3v) is 4.56. The van der Waals surface area contributed by atoms with Gasteiger partial charge >= 0.3 is 0 Å². The van der Waals surface area contributed by atoms with E-state index in [4.69, 9.17) is 5.73 Å². The maximum absolute atomic E-state index is 12.5. The minimum Gasteiger partial charge on any atom is -0.350 e. The minimum atomic E-state index is -0.661. The summed E-state index contributed by atoms with van der Waals surface area (Å²) in [6.07, 6.45) is 2.33. The lowest BCUT2D eigenvalue weighted by Crippen LogP contribution is -2.51. The highest BCUT2D eigenvalue weighted by molar-refractivity contribution is 5.94. The van der Waals surface area contributed by atoms with E-state index in [9.17, 15) is 14.4 Å². The molecular weight excluding hydrogens is 324 g/mol. The first-order valence-corrected chi connectivity index (χ1v) is 8.46. The van der Waals surface area contributed by atoms with Gasteiger partial charge in [0.1, 0.15) is 11.7 Å². The molecule has 0 aliphatic carbocycles. The number of hydrogen-bond acceptors (Lipinski definition) is 5. The van der Waals surface area contributed by atoms with Crippen molar-refractivity contribution in [3.63, 3.8) is 0 Å². The smallest absolute Gasteiger partial charge is 0.272 e. The molecule has 2 atom stereocenters. The van der Waals surface area contributed by atoms with E-state index in [0.29, 0.717) is 24.3 Å². The predicted octanol–water partition coefficient (Wildman–Crippen LogP) is -0.925. The van der Waals surface area contributed by atoms with Crippen LogP contribution in [0.15, 0.2) is 6.20 Å². The van der Waals surface area contributed by atoms with Crippen LogP contribution in [-0.2, 0) is 22.7 Å². The summed E-state index contributed by atoms with van der Waals surface area (Å²) in [6.45, 7) is 5.09. The lowest BCUT2D eigenvalue weighted by atomic mass is 9.98. The molecule has 0 fully saturated rings. The molecule has 9 nitrogen and oxygen atoms in total. The number of likely N-dealkylation sites (N-methyl/N-ethyl adjacent to an activating group) is 1. The Labute approximate surface area is 146 Å². The van der Waals surface area contributed by atoms with Crippen LogP contribution in [0.1, 0.15) is 36.3 Å². The Hall–Kier alpha value is -2.42. The summed E-state index contributed by atoms with van der Waals surface area (Å²) in [5.74, 6) is -0.819. The number of hydrogen-bond donors (Lipinski definition) is 3. The van der Waals surface area contributed by atoms with Crippen LogP contribution < -0.4 is 16.4 Å². The van der Waals surface area contributed by atoms with Crippen LogP contribution in [0.2, 0.25) is 0 Å². The van der Waals surface area contributed by atoms with Gasteiger partial charge in [-0.1, -0.05) is 20.3 Å². The molecule has 0 saturated carbocycles. The second-order valence-electron chi connectivity index (χ2n) is 6.32. The maximum Gasteiger partial charge on any atom is 0.272 e. The van der Waals surface area contributed by atoms with Gasteiger partial charge in [0, 0.05) is 25.7 Å². The zero-order valence-corrected chi connectivity index (χ0v) is 14.9. The zero-order valence-electron chi connectivity index (χ0n) is 14.9. The molecule has 2 rings (SSSR count). The molecule has 1 aliphatic heterocycles. The number of nitrogens with zero attached hydrogens (tertiary/aromatic N) is 3. The van der Waals surface area contributed by atoms with Gasteiger partial charge in [0.05, 0.1) is 19.3 Å². The van der Waals surface area contributed by atoms with E-state index in [1.54, 1.807) is 22.8 Å². The summed E-state index contributed by atoms with van der Waals surface area (Å²) < 4.78 is 1.66. The number of amides is 3. The first-order chi connectivity index (χ1) is 11.9. The summed E-state index contributed by atoms with van der Waals surface area (Å²) in [7, 11) is 1.74. The van der Waals surface area contributed by atoms with Crippen LogP contribution in [0, 0.1) is 5.92 Å². The lowest BCUT2D eigenvalue weighted by Gasteiger charge is -2.25. The minimum absolute atomic E-state index is 0.0376. The fourth-order valence-corrected chi connectivity index (χ4v) is 2.72. The Morgan fingerprint density at radius 3 is 2.76 bits per heavy atom. The Morgan fingerprint density at radius 1 is 1.40 bits per heavy atom.